The van der Waals surface area contributed by atoms with Crippen LogP contribution in [-0.4, -0.2) is 0 Å². The maximum absolute atomic E-state index is 13.0. The molecule has 2 aromatic carbocycles. The number of halogens is 1. The molecule has 14 heavy (non-hydrogen) atoms. The Hall–Kier alpha value is -1.63. The fraction of sp³-hybridized carbons (Fsp3) is 0.0769. The molecule has 0 saturated carbocycles. The van der Waals surface area contributed by atoms with Crippen molar-refractivity contribution in [3.63, 3.8) is 0 Å². The van der Waals surface area contributed by atoms with Crippen LogP contribution in [0, 0.1) is 18.8 Å². The smallest absolute Gasteiger partial charge is 0.126 e. The van der Waals surface area contributed by atoms with Crippen LogP contribution >= 0.6 is 0 Å². The van der Waals surface area contributed by atoms with Crippen molar-refractivity contribution in [1.29, 1.82) is 0 Å². The average Bonchev–Trinajstić information content (AvgIpc) is 2.23. The van der Waals surface area contributed by atoms with E-state index in [0.717, 1.165) is 11.1 Å². The molecular formula is C13H10F. The molecule has 0 heterocycles. The van der Waals surface area contributed by atoms with E-state index < -0.39 is 0 Å². The van der Waals surface area contributed by atoms with Gasteiger partial charge in [0.05, 0.1) is 0 Å². The van der Waals surface area contributed by atoms with Crippen LogP contribution in [0.25, 0.3) is 11.1 Å². The Bertz CT molecular complexity index is 432. The molecule has 2 aromatic rings. The summed E-state index contributed by atoms with van der Waals surface area (Å²) in [6.45, 7) is 1.77. The van der Waals surface area contributed by atoms with Gasteiger partial charge in [0.2, 0.25) is 0 Å². The molecule has 0 unspecified atom stereocenters. The van der Waals surface area contributed by atoms with Gasteiger partial charge in [-0.25, -0.2) is 4.39 Å². The van der Waals surface area contributed by atoms with Gasteiger partial charge in [-0.2, -0.15) is 0 Å². The molecule has 0 nitrogen and oxygen atoms in total. The summed E-state index contributed by atoms with van der Waals surface area (Å²) in [5.41, 5.74) is 2.67. The summed E-state index contributed by atoms with van der Waals surface area (Å²) in [4.78, 5) is 0. The van der Waals surface area contributed by atoms with Gasteiger partial charge in [0.1, 0.15) is 5.82 Å². The summed E-state index contributed by atoms with van der Waals surface area (Å²) in [5, 5.41) is 0. The predicted octanol–water partition coefficient (Wildman–Crippen LogP) is 3.60. The minimum atomic E-state index is -0.162. The van der Waals surface area contributed by atoms with Crippen molar-refractivity contribution in [2.45, 2.75) is 6.92 Å². The first kappa shape index (κ1) is 8.95. The van der Waals surface area contributed by atoms with E-state index in [1.165, 1.54) is 6.07 Å². The Morgan fingerprint density at radius 3 is 2.64 bits per heavy atom. The van der Waals surface area contributed by atoms with Gasteiger partial charge in [0.15, 0.2) is 0 Å². The van der Waals surface area contributed by atoms with Gasteiger partial charge in [-0.3, -0.25) is 0 Å². The van der Waals surface area contributed by atoms with Crippen LogP contribution in [0.1, 0.15) is 5.56 Å². The van der Waals surface area contributed by atoms with Crippen molar-refractivity contribution in [2.24, 2.45) is 0 Å². The lowest BCUT2D eigenvalue weighted by molar-refractivity contribution is 0.619. The minimum absolute atomic E-state index is 0.162. The van der Waals surface area contributed by atoms with Crippen molar-refractivity contribution in [3.8, 4) is 11.1 Å². The lowest BCUT2D eigenvalue weighted by Gasteiger charge is -2.02. The zero-order chi connectivity index (χ0) is 9.97. The van der Waals surface area contributed by atoms with Gasteiger partial charge in [-0.15, -0.1) is 0 Å². The highest BCUT2D eigenvalue weighted by Gasteiger charge is 2.00. The number of rotatable bonds is 1. The van der Waals surface area contributed by atoms with Gasteiger partial charge < -0.3 is 0 Å². The van der Waals surface area contributed by atoms with E-state index in [-0.39, 0.29) is 5.82 Å². The van der Waals surface area contributed by atoms with E-state index in [2.05, 4.69) is 6.07 Å². The van der Waals surface area contributed by atoms with E-state index in [4.69, 9.17) is 0 Å². The summed E-state index contributed by atoms with van der Waals surface area (Å²) < 4.78 is 13.0. The fourth-order valence-electron chi connectivity index (χ4n) is 1.39. The van der Waals surface area contributed by atoms with E-state index in [0.29, 0.717) is 5.56 Å². The number of hydrogen-bond acceptors (Lipinski definition) is 0. The highest BCUT2D eigenvalue weighted by atomic mass is 19.1. The standard InChI is InChI=1S/C13H10F/c1-10-9-12(7-8-13(10)14)11-5-3-2-4-6-11/h2-5,7-9H,1H3. The second kappa shape index (κ2) is 3.62. The third-order valence-electron chi connectivity index (χ3n) is 2.18. The quantitative estimate of drug-likeness (QED) is 0.636. The molecule has 0 atom stereocenters. The van der Waals surface area contributed by atoms with Crippen LogP contribution in [0.15, 0.2) is 42.5 Å². The Morgan fingerprint density at radius 1 is 1.14 bits per heavy atom. The monoisotopic (exact) mass is 185 g/mol. The van der Waals surface area contributed by atoms with Crippen molar-refractivity contribution in [3.05, 3.63) is 59.9 Å². The van der Waals surface area contributed by atoms with Gasteiger partial charge in [0, 0.05) is 0 Å². The third-order valence-corrected chi connectivity index (χ3v) is 2.18. The van der Waals surface area contributed by atoms with Gasteiger partial charge in [-0.05, 0) is 41.8 Å². The Kier molecular flexibility index (Phi) is 2.32. The summed E-state index contributed by atoms with van der Waals surface area (Å²) in [5.74, 6) is -0.162. The van der Waals surface area contributed by atoms with Crippen molar-refractivity contribution in [2.75, 3.05) is 0 Å². The summed E-state index contributed by atoms with van der Waals surface area (Å²) in [7, 11) is 0. The van der Waals surface area contributed by atoms with Gasteiger partial charge in [0.25, 0.3) is 0 Å². The molecule has 0 N–H and O–H groups in total. The highest BCUT2D eigenvalue weighted by molar-refractivity contribution is 5.63. The molecule has 0 aliphatic carbocycles. The third kappa shape index (κ3) is 1.67. The summed E-state index contributed by atoms with van der Waals surface area (Å²) >= 11 is 0. The summed E-state index contributed by atoms with van der Waals surface area (Å²) in [6.07, 6.45) is 0. The first-order valence-electron chi connectivity index (χ1n) is 4.50. The normalized spacial score (nSPS) is 10.1. The van der Waals surface area contributed by atoms with E-state index in [1.54, 1.807) is 13.0 Å². The van der Waals surface area contributed by atoms with Crippen molar-refractivity contribution >= 4 is 0 Å². The molecule has 0 aliphatic heterocycles. The van der Waals surface area contributed by atoms with E-state index >= 15 is 0 Å². The molecule has 0 spiro atoms. The van der Waals surface area contributed by atoms with Gasteiger partial charge >= 0.3 is 0 Å². The topological polar surface area (TPSA) is 0 Å². The highest BCUT2D eigenvalue weighted by Crippen LogP contribution is 2.20. The first-order valence-corrected chi connectivity index (χ1v) is 4.50. The van der Waals surface area contributed by atoms with Crippen molar-refractivity contribution in [1.82, 2.24) is 0 Å². The molecule has 0 saturated heterocycles. The second-order valence-corrected chi connectivity index (χ2v) is 3.24. The first-order chi connectivity index (χ1) is 6.77. The largest absolute Gasteiger partial charge is 0.207 e. The van der Waals surface area contributed by atoms with Crippen LogP contribution in [0.4, 0.5) is 4.39 Å². The molecule has 2 rings (SSSR count). The maximum Gasteiger partial charge on any atom is 0.126 e. The second-order valence-electron chi connectivity index (χ2n) is 3.24. The molecule has 1 heteroatoms. The number of benzene rings is 2. The van der Waals surface area contributed by atoms with Crippen LogP contribution in [0.2, 0.25) is 0 Å². The predicted molar refractivity (Wildman–Crippen MR) is 55.4 cm³/mol. The van der Waals surface area contributed by atoms with Crippen LogP contribution in [0.3, 0.4) is 0 Å². The molecule has 0 fully saturated rings. The fourth-order valence-corrected chi connectivity index (χ4v) is 1.39. The molecule has 0 amide bonds. The van der Waals surface area contributed by atoms with Crippen LogP contribution in [0.5, 0.6) is 0 Å². The lowest BCUT2D eigenvalue weighted by atomic mass is 10.0. The van der Waals surface area contributed by atoms with E-state index in [1.807, 2.05) is 30.3 Å². The number of aryl methyl sites for hydroxylation is 1. The molecule has 0 bridgehead atoms. The SMILES string of the molecule is Cc1cc(-c2[c]cccc2)ccc1F. The number of hydrogen-bond donors (Lipinski definition) is 0. The summed E-state index contributed by atoms with van der Waals surface area (Å²) in [6, 6.07) is 15.9. The van der Waals surface area contributed by atoms with Crippen molar-refractivity contribution < 1.29 is 4.39 Å². The zero-order valence-electron chi connectivity index (χ0n) is 7.92. The molecule has 69 valence electrons. The van der Waals surface area contributed by atoms with Crippen LogP contribution in [-0.2, 0) is 0 Å². The van der Waals surface area contributed by atoms with Crippen LogP contribution < -0.4 is 0 Å². The van der Waals surface area contributed by atoms with Gasteiger partial charge in [-0.1, -0.05) is 30.3 Å². The lowest BCUT2D eigenvalue weighted by Crippen LogP contribution is -1.83. The molecular weight excluding hydrogens is 175 g/mol. The molecule has 0 aromatic heterocycles. The minimum Gasteiger partial charge on any atom is -0.207 e. The zero-order valence-corrected chi connectivity index (χ0v) is 7.92. The Balaban J connectivity index is 2.48. The Labute approximate surface area is 83.0 Å². The van der Waals surface area contributed by atoms with E-state index in [9.17, 15) is 4.39 Å². The Morgan fingerprint density at radius 2 is 2.00 bits per heavy atom. The molecule has 1 radical (unpaired) electrons. The average molecular weight is 185 g/mol. The molecule has 0 aliphatic rings. The maximum atomic E-state index is 13.0.